The van der Waals surface area contributed by atoms with Crippen molar-refractivity contribution in [3.63, 3.8) is 0 Å². The van der Waals surface area contributed by atoms with Crippen LogP contribution in [0.5, 0.6) is 5.75 Å². The summed E-state index contributed by atoms with van der Waals surface area (Å²) in [5.74, 6) is 2.67. The van der Waals surface area contributed by atoms with E-state index in [0.717, 1.165) is 24.3 Å². The molecule has 1 amide bonds. The number of nitrogens with zero attached hydrogens (tertiary/aromatic N) is 1. The van der Waals surface area contributed by atoms with Crippen LogP contribution in [0.3, 0.4) is 0 Å². The smallest absolute Gasteiger partial charge is 0.253 e. The molecule has 3 unspecified atom stereocenters. The summed E-state index contributed by atoms with van der Waals surface area (Å²) in [7, 11) is 3.56. The summed E-state index contributed by atoms with van der Waals surface area (Å²) in [4.78, 5) is 14.6. The number of hydrogen-bond donors (Lipinski definition) is 0. The van der Waals surface area contributed by atoms with E-state index in [2.05, 4.69) is 37.3 Å². The molecule has 0 radical (unpaired) electrons. The van der Waals surface area contributed by atoms with Gasteiger partial charge in [0.05, 0.1) is 7.11 Å². The summed E-state index contributed by atoms with van der Waals surface area (Å²) in [6.07, 6.45) is 3.64. The highest BCUT2D eigenvalue weighted by molar-refractivity contribution is 5.94. The van der Waals surface area contributed by atoms with E-state index in [1.54, 1.807) is 7.11 Å². The molecular weight excluding hydrogens is 322 g/mol. The third kappa shape index (κ3) is 4.27. The summed E-state index contributed by atoms with van der Waals surface area (Å²) in [5.41, 5.74) is 2.16. The Morgan fingerprint density at radius 2 is 1.77 bits per heavy atom. The minimum atomic E-state index is 0.0849. The molecule has 0 aliphatic heterocycles. The molecule has 1 aliphatic carbocycles. The molecule has 0 N–H and O–H groups in total. The zero-order valence-electron chi connectivity index (χ0n) is 16.0. The van der Waals surface area contributed by atoms with Crippen LogP contribution in [0.15, 0.2) is 54.6 Å². The van der Waals surface area contributed by atoms with Crippen molar-refractivity contribution < 1.29 is 9.53 Å². The lowest BCUT2D eigenvalue weighted by Crippen LogP contribution is -2.36. The Labute approximate surface area is 157 Å². The van der Waals surface area contributed by atoms with E-state index in [1.165, 1.54) is 18.4 Å². The SMILES string of the molecule is COc1ccc(C(=O)N(C)CC2CC(c3ccccc3)CCC2C)cc1. The third-order valence-corrected chi connectivity index (χ3v) is 5.83. The second-order valence-corrected chi connectivity index (χ2v) is 7.57. The van der Waals surface area contributed by atoms with Gasteiger partial charge in [-0.25, -0.2) is 0 Å². The fourth-order valence-corrected chi connectivity index (χ4v) is 4.09. The Morgan fingerprint density at radius 1 is 1.08 bits per heavy atom. The number of carbonyl (C=O) groups is 1. The van der Waals surface area contributed by atoms with Crippen LogP contribution >= 0.6 is 0 Å². The Morgan fingerprint density at radius 3 is 2.42 bits per heavy atom. The number of methoxy groups -OCH3 is 1. The van der Waals surface area contributed by atoms with Crippen molar-refractivity contribution >= 4 is 5.91 Å². The fourth-order valence-electron chi connectivity index (χ4n) is 4.09. The molecule has 2 aromatic carbocycles. The number of benzene rings is 2. The number of hydrogen-bond acceptors (Lipinski definition) is 2. The summed E-state index contributed by atoms with van der Waals surface area (Å²) < 4.78 is 5.17. The molecule has 0 saturated heterocycles. The first-order chi connectivity index (χ1) is 12.6. The molecule has 3 atom stereocenters. The number of rotatable bonds is 5. The summed E-state index contributed by atoms with van der Waals surface area (Å²) in [5, 5.41) is 0. The molecule has 3 nitrogen and oxygen atoms in total. The topological polar surface area (TPSA) is 29.5 Å². The standard InChI is InChI=1S/C23H29NO2/c1-17-9-10-20(18-7-5-4-6-8-18)15-21(17)16-24(2)23(25)19-11-13-22(26-3)14-12-19/h4-8,11-14,17,20-21H,9-10,15-16H2,1-3H3. The van der Waals surface area contributed by atoms with E-state index in [0.29, 0.717) is 17.8 Å². The van der Waals surface area contributed by atoms with Crippen molar-refractivity contribution in [2.45, 2.75) is 32.1 Å². The van der Waals surface area contributed by atoms with Crippen LogP contribution < -0.4 is 4.74 Å². The Kier molecular flexibility index (Phi) is 5.97. The molecule has 0 spiro atoms. The summed E-state index contributed by atoms with van der Waals surface area (Å²) in [6, 6.07) is 18.2. The average molecular weight is 351 g/mol. The second-order valence-electron chi connectivity index (χ2n) is 7.57. The predicted octanol–water partition coefficient (Wildman–Crippen LogP) is 4.99. The first kappa shape index (κ1) is 18.5. The van der Waals surface area contributed by atoms with Crippen LogP contribution in [0, 0.1) is 11.8 Å². The molecule has 2 aromatic rings. The highest BCUT2D eigenvalue weighted by Crippen LogP contribution is 2.39. The number of carbonyl (C=O) groups excluding carboxylic acids is 1. The van der Waals surface area contributed by atoms with E-state index in [1.807, 2.05) is 36.2 Å². The molecule has 26 heavy (non-hydrogen) atoms. The second kappa shape index (κ2) is 8.39. The zero-order valence-corrected chi connectivity index (χ0v) is 16.0. The maximum absolute atomic E-state index is 12.8. The molecule has 0 bridgehead atoms. The highest BCUT2D eigenvalue weighted by atomic mass is 16.5. The molecular formula is C23H29NO2. The van der Waals surface area contributed by atoms with Crippen molar-refractivity contribution in [1.29, 1.82) is 0 Å². The van der Waals surface area contributed by atoms with E-state index in [9.17, 15) is 4.79 Å². The number of ether oxygens (including phenoxy) is 1. The predicted molar refractivity (Wildman–Crippen MR) is 106 cm³/mol. The largest absolute Gasteiger partial charge is 0.497 e. The lowest BCUT2D eigenvalue weighted by atomic mass is 9.72. The summed E-state index contributed by atoms with van der Waals surface area (Å²) in [6.45, 7) is 3.15. The van der Waals surface area contributed by atoms with Gasteiger partial charge >= 0.3 is 0 Å². The lowest BCUT2D eigenvalue weighted by Gasteiger charge is -2.36. The Balaban J connectivity index is 1.64. The maximum atomic E-state index is 12.8. The molecule has 0 aromatic heterocycles. The number of amides is 1. The minimum absolute atomic E-state index is 0.0849. The van der Waals surface area contributed by atoms with E-state index in [-0.39, 0.29) is 5.91 Å². The van der Waals surface area contributed by atoms with Gasteiger partial charge < -0.3 is 9.64 Å². The van der Waals surface area contributed by atoms with Crippen LogP contribution in [0.25, 0.3) is 0 Å². The van der Waals surface area contributed by atoms with Crippen molar-refractivity contribution in [3.05, 3.63) is 65.7 Å². The monoisotopic (exact) mass is 351 g/mol. The molecule has 1 saturated carbocycles. The lowest BCUT2D eigenvalue weighted by molar-refractivity contribution is 0.0729. The van der Waals surface area contributed by atoms with Gasteiger partial charge in [-0.3, -0.25) is 4.79 Å². The normalized spacial score (nSPS) is 22.7. The Hall–Kier alpha value is -2.29. The quantitative estimate of drug-likeness (QED) is 0.760. The van der Waals surface area contributed by atoms with Crippen molar-refractivity contribution in [1.82, 2.24) is 4.90 Å². The van der Waals surface area contributed by atoms with Crippen LogP contribution in [0.2, 0.25) is 0 Å². The maximum Gasteiger partial charge on any atom is 0.253 e. The van der Waals surface area contributed by atoms with Gasteiger partial charge in [-0.1, -0.05) is 37.3 Å². The van der Waals surface area contributed by atoms with Gasteiger partial charge in [0.25, 0.3) is 5.91 Å². The molecule has 3 rings (SSSR count). The van der Waals surface area contributed by atoms with Crippen molar-refractivity contribution in [2.24, 2.45) is 11.8 Å². The highest BCUT2D eigenvalue weighted by Gasteiger charge is 2.30. The van der Waals surface area contributed by atoms with Crippen LogP contribution in [0.1, 0.15) is 48.0 Å². The molecule has 3 heteroatoms. The van der Waals surface area contributed by atoms with Gasteiger partial charge in [-0.15, -0.1) is 0 Å². The van der Waals surface area contributed by atoms with Crippen LogP contribution in [-0.4, -0.2) is 31.5 Å². The van der Waals surface area contributed by atoms with E-state index >= 15 is 0 Å². The van der Waals surface area contributed by atoms with Crippen LogP contribution in [-0.2, 0) is 0 Å². The minimum Gasteiger partial charge on any atom is -0.497 e. The van der Waals surface area contributed by atoms with Gasteiger partial charge in [0, 0.05) is 19.2 Å². The van der Waals surface area contributed by atoms with Crippen LogP contribution in [0.4, 0.5) is 0 Å². The van der Waals surface area contributed by atoms with Gasteiger partial charge in [-0.05, 0) is 66.8 Å². The van der Waals surface area contributed by atoms with Gasteiger partial charge in [0.15, 0.2) is 0 Å². The van der Waals surface area contributed by atoms with Crippen molar-refractivity contribution in [3.8, 4) is 5.75 Å². The Bertz CT molecular complexity index is 711. The zero-order chi connectivity index (χ0) is 18.5. The van der Waals surface area contributed by atoms with E-state index in [4.69, 9.17) is 4.74 Å². The average Bonchev–Trinajstić information content (AvgIpc) is 2.69. The van der Waals surface area contributed by atoms with Gasteiger partial charge in [-0.2, -0.15) is 0 Å². The first-order valence-corrected chi connectivity index (χ1v) is 9.53. The van der Waals surface area contributed by atoms with Gasteiger partial charge in [0.1, 0.15) is 5.75 Å². The first-order valence-electron chi connectivity index (χ1n) is 9.53. The molecule has 1 fully saturated rings. The van der Waals surface area contributed by atoms with E-state index < -0.39 is 0 Å². The molecule has 0 heterocycles. The fraction of sp³-hybridized carbons (Fsp3) is 0.435. The van der Waals surface area contributed by atoms with Gasteiger partial charge in [0.2, 0.25) is 0 Å². The third-order valence-electron chi connectivity index (χ3n) is 5.83. The molecule has 138 valence electrons. The molecule has 1 aliphatic rings. The summed E-state index contributed by atoms with van der Waals surface area (Å²) >= 11 is 0. The van der Waals surface area contributed by atoms with Crippen molar-refractivity contribution in [2.75, 3.05) is 20.7 Å².